The molecule has 0 aromatic carbocycles. The van der Waals surface area contributed by atoms with E-state index in [2.05, 4.69) is 10.3 Å². The van der Waals surface area contributed by atoms with E-state index in [4.69, 9.17) is 4.74 Å². The molecule has 2 aliphatic rings. The van der Waals surface area contributed by atoms with E-state index in [1.165, 1.54) is 0 Å². The van der Waals surface area contributed by atoms with Crippen molar-refractivity contribution in [3.63, 3.8) is 0 Å². The molecule has 2 bridgehead atoms. The van der Waals surface area contributed by atoms with Gasteiger partial charge in [0.05, 0.1) is 17.7 Å². The van der Waals surface area contributed by atoms with Crippen LogP contribution in [0.3, 0.4) is 0 Å². The van der Waals surface area contributed by atoms with Gasteiger partial charge in [-0.05, 0) is 31.9 Å². The first-order chi connectivity index (χ1) is 9.83. The standard InChI is InChI=1S/C16H20N2O3/c1-14(2)15(3)7-8-16(14,21-13(15)20)12(19)18-10-11-6-4-5-9-17-11/h4-6,9H,7-8,10H2,1-3H3,(H,18,19)/t15-,16+/m0/s1. The lowest BCUT2D eigenvalue weighted by atomic mass is 9.66. The Morgan fingerprint density at radius 1 is 1.33 bits per heavy atom. The zero-order chi connectivity index (χ0) is 15.3. The first-order valence-electron chi connectivity index (χ1n) is 7.25. The van der Waals surface area contributed by atoms with E-state index in [1.54, 1.807) is 6.20 Å². The summed E-state index contributed by atoms with van der Waals surface area (Å²) in [6.07, 6.45) is 2.96. The molecule has 0 spiro atoms. The second-order valence-corrected chi connectivity index (χ2v) is 6.68. The highest BCUT2D eigenvalue weighted by atomic mass is 16.6. The summed E-state index contributed by atoms with van der Waals surface area (Å²) < 4.78 is 5.55. The third-order valence-electron chi connectivity index (χ3n) is 5.61. The predicted molar refractivity (Wildman–Crippen MR) is 76.0 cm³/mol. The number of carbonyl (C=O) groups is 2. The Morgan fingerprint density at radius 2 is 2.10 bits per heavy atom. The molecule has 1 saturated heterocycles. The van der Waals surface area contributed by atoms with Gasteiger partial charge in [-0.15, -0.1) is 0 Å². The lowest BCUT2D eigenvalue weighted by molar-refractivity contribution is -0.168. The molecule has 1 aliphatic heterocycles. The van der Waals surface area contributed by atoms with Gasteiger partial charge in [0.2, 0.25) is 0 Å². The summed E-state index contributed by atoms with van der Waals surface area (Å²) in [5.41, 5.74) is -1.35. The molecule has 2 heterocycles. The van der Waals surface area contributed by atoms with Crippen molar-refractivity contribution in [3.8, 4) is 0 Å². The molecule has 0 unspecified atom stereocenters. The van der Waals surface area contributed by atoms with Crippen molar-refractivity contribution < 1.29 is 14.3 Å². The fraction of sp³-hybridized carbons (Fsp3) is 0.562. The van der Waals surface area contributed by atoms with Crippen LogP contribution in [-0.4, -0.2) is 22.5 Å². The van der Waals surface area contributed by atoms with E-state index < -0.39 is 16.4 Å². The summed E-state index contributed by atoms with van der Waals surface area (Å²) in [6.45, 7) is 6.14. The molecule has 112 valence electrons. The summed E-state index contributed by atoms with van der Waals surface area (Å²) in [6, 6.07) is 5.55. The second-order valence-electron chi connectivity index (χ2n) is 6.68. The van der Waals surface area contributed by atoms with Gasteiger partial charge in [-0.3, -0.25) is 14.6 Å². The van der Waals surface area contributed by atoms with Crippen LogP contribution < -0.4 is 5.32 Å². The van der Waals surface area contributed by atoms with Crippen LogP contribution in [0, 0.1) is 10.8 Å². The SMILES string of the molecule is CC1(C)[C@@]2(C)CC[C@]1(C(=O)NCc1ccccn1)OC2=O. The van der Waals surface area contributed by atoms with Crippen molar-refractivity contribution in [2.45, 2.75) is 45.8 Å². The number of amides is 1. The van der Waals surface area contributed by atoms with Crippen LogP contribution in [0.4, 0.5) is 0 Å². The number of nitrogens with one attached hydrogen (secondary N) is 1. The summed E-state index contributed by atoms with van der Waals surface area (Å²) in [5.74, 6) is -0.473. The van der Waals surface area contributed by atoms with Crippen molar-refractivity contribution in [2.24, 2.45) is 10.8 Å². The number of ether oxygens (including phenoxy) is 1. The van der Waals surface area contributed by atoms with E-state index in [9.17, 15) is 9.59 Å². The topological polar surface area (TPSA) is 68.3 Å². The Morgan fingerprint density at radius 3 is 2.62 bits per heavy atom. The van der Waals surface area contributed by atoms with Crippen LogP contribution in [0.5, 0.6) is 0 Å². The Hall–Kier alpha value is -1.91. The van der Waals surface area contributed by atoms with Crippen LogP contribution in [0.1, 0.15) is 39.3 Å². The number of rotatable bonds is 3. The minimum Gasteiger partial charge on any atom is -0.448 e. The lowest BCUT2D eigenvalue weighted by Gasteiger charge is -2.35. The molecule has 2 fully saturated rings. The molecule has 1 aromatic heterocycles. The van der Waals surface area contributed by atoms with Crippen LogP contribution in [-0.2, 0) is 20.9 Å². The van der Waals surface area contributed by atoms with Crippen LogP contribution in [0.15, 0.2) is 24.4 Å². The highest BCUT2D eigenvalue weighted by Gasteiger charge is 2.75. The van der Waals surface area contributed by atoms with E-state index in [-0.39, 0.29) is 11.9 Å². The molecule has 3 rings (SSSR count). The highest BCUT2D eigenvalue weighted by Crippen LogP contribution is 2.65. The molecular formula is C16H20N2O3. The van der Waals surface area contributed by atoms with Gasteiger partial charge < -0.3 is 10.1 Å². The third kappa shape index (κ3) is 1.66. The van der Waals surface area contributed by atoms with E-state index >= 15 is 0 Å². The van der Waals surface area contributed by atoms with Gasteiger partial charge in [0.15, 0.2) is 5.60 Å². The number of nitrogens with zero attached hydrogens (tertiary/aromatic N) is 1. The van der Waals surface area contributed by atoms with Crippen molar-refractivity contribution in [1.82, 2.24) is 10.3 Å². The summed E-state index contributed by atoms with van der Waals surface area (Å²) in [5, 5.41) is 2.87. The smallest absolute Gasteiger partial charge is 0.313 e. The van der Waals surface area contributed by atoms with Crippen LogP contribution in [0.25, 0.3) is 0 Å². The first kappa shape index (κ1) is 14.0. The van der Waals surface area contributed by atoms with Crippen LogP contribution in [0.2, 0.25) is 0 Å². The Labute approximate surface area is 124 Å². The zero-order valence-electron chi connectivity index (χ0n) is 12.6. The number of carbonyl (C=O) groups excluding carboxylic acids is 2. The Balaban J connectivity index is 1.80. The van der Waals surface area contributed by atoms with Gasteiger partial charge in [-0.25, -0.2) is 0 Å². The monoisotopic (exact) mass is 288 g/mol. The molecule has 2 atom stereocenters. The molecule has 1 saturated carbocycles. The van der Waals surface area contributed by atoms with E-state index in [1.807, 2.05) is 39.0 Å². The summed E-state index contributed by atoms with van der Waals surface area (Å²) in [7, 11) is 0. The molecule has 1 amide bonds. The van der Waals surface area contributed by atoms with Gasteiger partial charge in [0.1, 0.15) is 0 Å². The van der Waals surface area contributed by atoms with Gasteiger partial charge in [-0.1, -0.05) is 19.9 Å². The predicted octanol–water partition coefficient (Wildman–Crippen LogP) is 1.82. The largest absolute Gasteiger partial charge is 0.448 e. The average Bonchev–Trinajstić information content (AvgIpc) is 2.76. The van der Waals surface area contributed by atoms with Crippen molar-refractivity contribution >= 4 is 11.9 Å². The Bertz CT molecular complexity index is 599. The third-order valence-corrected chi connectivity index (χ3v) is 5.61. The molecule has 1 aliphatic carbocycles. The second kappa shape index (κ2) is 4.29. The molecule has 5 nitrogen and oxygen atoms in total. The van der Waals surface area contributed by atoms with Gasteiger partial charge in [0.25, 0.3) is 5.91 Å². The molecule has 5 heteroatoms. The number of pyridine rings is 1. The fourth-order valence-electron chi connectivity index (χ4n) is 3.56. The van der Waals surface area contributed by atoms with Gasteiger partial charge >= 0.3 is 5.97 Å². The maximum absolute atomic E-state index is 12.7. The lowest BCUT2D eigenvalue weighted by Crippen LogP contribution is -2.53. The number of aromatic nitrogens is 1. The van der Waals surface area contributed by atoms with E-state index in [0.717, 1.165) is 5.69 Å². The maximum atomic E-state index is 12.7. The first-order valence-corrected chi connectivity index (χ1v) is 7.25. The maximum Gasteiger partial charge on any atom is 0.313 e. The average molecular weight is 288 g/mol. The van der Waals surface area contributed by atoms with Crippen molar-refractivity contribution in [2.75, 3.05) is 0 Å². The quantitative estimate of drug-likeness (QED) is 0.861. The van der Waals surface area contributed by atoms with Gasteiger partial charge in [0, 0.05) is 11.6 Å². The van der Waals surface area contributed by atoms with E-state index in [0.29, 0.717) is 19.4 Å². The summed E-state index contributed by atoms with van der Waals surface area (Å²) >= 11 is 0. The minimum absolute atomic E-state index is 0.215. The normalized spacial score (nSPS) is 32.8. The van der Waals surface area contributed by atoms with Crippen molar-refractivity contribution in [3.05, 3.63) is 30.1 Å². The molecule has 1 N–H and O–H groups in total. The molecule has 1 aromatic rings. The highest BCUT2D eigenvalue weighted by molar-refractivity contribution is 5.96. The molecule has 21 heavy (non-hydrogen) atoms. The minimum atomic E-state index is -1.05. The number of esters is 1. The van der Waals surface area contributed by atoms with Gasteiger partial charge in [-0.2, -0.15) is 0 Å². The number of fused-ring (bicyclic) bond motifs is 2. The molecular weight excluding hydrogens is 268 g/mol. The fourth-order valence-corrected chi connectivity index (χ4v) is 3.56. The van der Waals surface area contributed by atoms with Crippen molar-refractivity contribution in [1.29, 1.82) is 0 Å². The number of hydrogen-bond acceptors (Lipinski definition) is 4. The molecule has 0 radical (unpaired) electrons. The summed E-state index contributed by atoms with van der Waals surface area (Å²) in [4.78, 5) is 29.0. The van der Waals surface area contributed by atoms with Crippen LogP contribution >= 0.6 is 0 Å². The Kier molecular flexibility index (Phi) is 2.87. The number of hydrogen-bond donors (Lipinski definition) is 1. The zero-order valence-corrected chi connectivity index (χ0v) is 12.6.